The second-order valence-corrected chi connectivity index (χ2v) is 9.32. The molecule has 4 rings (SSSR count). The monoisotopic (exact) mass is 332 g/mol. The fourth-order valence-electron chi connectivity index (χ4n) is 6.09. The number of ether oxygens (including phenoxy) is 1. The quantitative estimate of drug-likeness (QED) is 0.547. The number of hydrogen-bond acceptors (Lipinski definition) is 4. The molecule has 4 fully saturated rings. The second-order valence-electron chi connectivity index (χ2n) is 9.32. The summed E-state index contributed by atoms with van der Waals surface area (Å²) in [5.41, 5.74) is -0.948. The number of hydrogen-bond donors (Lipinski definition) is 1. The summed E-state index contributed by atoms with van der Waals surface area (Å²) >= 11 is 0. The number of aliphatic hydroxyl groups is 1. The van der Waals surface area contributed by atoms with Crippen LogP contribution < -0.4 is 0 Å². The van der Waals surface area contributed by atoms with Crippen molar-refractivity contribution >= 4 is 11.6 Å². The van der Waals surface area contributed by atoms with Crippen LogP contribution >= 0.6 is 0 Å². The van der Waals surface area contributed by atoms with E-state index in [0.717, 1.165) is 19.3 Å². The molecule has 1 aliphatic heterocycles. The minimum atomic E-state index is -1.06. The molecule has 0 radical (unpaired) electrons. The van der Waals surface area contributed by atoms with Gasteiger partial charge in [0.05, 0.1) is 6.10 Å². The number of Topliss-reactive ketones (excluding diaryl/α,β-unsaturated/α-hetero) is 2. The Morgan fingerprint density at radius 3 is 2.62 bits per heavy atom. The van der Waals surface area contributed by atoms with E-state index in [4.69, 9.17) is 4.74 Å². The molecular formula is C20H28O4. The van der Waals surface area contributed by atoms with Crippen molar-refractivity contribution in [2.45, 2.75) is 77.1 Å². The van der Waals surface area contributed by atoms with E-state index in [9.17, 15) is 14.7 Å². The molecule has 0 aromatic carbocycles. The van der Waals surface area contributed by atoms with Crippen LogP contribution in [0.15, 0.2) is 12.2 Å². The van der Waals surface area contributed by atoms with Crippen molar-refractivity contribution in [3.63, 3.8) is 0 Å². The molecule has 0 aromatic heterocycles. The molecule has 6 atom stereocenters. The molecule has 2 bridgehead atoms. The van der Waals surface area contributed by atoms with E-state index < -0.39 is 17.1 Å². The van der Waals surface area contributed by atoms with Crippen molar-refractivity contribution in [2.24, 2.45) is 22.7 Å². The molecule has 4 nitrogen and oxygen atoms in total. The fraction of sp³-hybridized carbons (Fsp3) is 0.800. The molecule has 0 unspecified atom stereocenters. The highest BCUT2D eigenvalue weighted by molar-refractivity contribution is 6.08. The molecular weight excluding hydrogens is 304 g/mol. The van der Waals surface area contributed by atoms with Crippen LogP contribution in [0.1, 0.15) is 59.3 Å². The van der Waals surface area contributed by atoms with Gasteiger partial charge in [-0.2, -0.15) is 0 Å². The Bertz CT molecular complexity index is 636. The van der Waals surface area contributed by atoms with Gasteiger partial charge in [-0.25, -0.2) is 0 Å². The lowest BCUT2D eigenvalue weighted by molar-refractivity contribution is -0.141. The van der Waals surface area contributed by atoms with Gasteiger partial charge >= 0.3 is 0 Å². The summed E-state index contributed by atoms with van der Waals surface area (Å²) in [5, 5.41) is 11.0. The van der Waals surface area contributed by atoms with Crippen LogP contribution in [-0.4, -0.2) is 34.5 Å². The Labute approximate surface area is 143 Å². The Morgan fingerprint density at radius 2 is 1.92 bits per heavy atom. The fourth-order valence-corrected chi connectivity index (χ4v) is 6.09. The first-order valence-electron chi connectivity index (χ1n) is 9.27. The number of rotatable bonds is 0. The van der Waals surface area contributed by atoms with Crippen LogP contribution in [0, 0.1) is 22.7 Å². The third kappa shape index (κ3) is 1.87. The van der Waals surface area contributed by atoms with E-state index in [1.54, 1.807) is 0 Å². The summed E-state index contributed by atoms with van der Waals surface area (Å²) in [6.07, 6.45) is 3.41. The molecule has 1 N–H and O–H groups in total. The first kappa shape index (κ1) is 16.5. The SMILES string of the molecule is C=C1C(=O)[C@]23O[C@@H]2[C@H]1CCC(=O)[C@@]1(C)CCCC(C)(C)[C@H]1C[C@H]3O. The molecule has 24 heavy (non-hydrogen) atoms. The predicted octanol–water partition coefficient (Wildman–Crippen LogP) is 2.83. The maximum absolute atomic E-state index is 13.1. The molecule has 0 amide bonds. The van der Waals surface area contributed by atoms with Gasteiger partial charge < -0.3 is 9.84 Å². The maximum atomic E-state index is 13.1. The van der Waals surface area contributed by atoms with Gasteiger partial charge in [-0.05, 0) is 42.6 Å². The van der Waals surface area contributed by atoms with Crippen molar-refractivity contribution in [1.29, 1.82) is 0 Å². The first-order valence-corrected chi connectivity index (χ1v) is 9.27. The number of epoxide rings is 1. The Morgan fingerprint density at radius 1 is 1.21 bits per heavy atom. The Balaban J connectivity index is 1.77. The number of aliphatic hydroxyl groups excluding tert-OH is 1. The molecule has 1 heterocycles. The number of carbonyl (C=O) groups is 2. The molecule has 0 aromatic rings. The van der Waals surface area contributed by atoms with Crippen LogP contribution in [0.3, 0.4) is 0 Å². The third-order valence-corrected chi connectivity index (χ3v) is 7.65. The lowest BCUT2D eigenvalue weighted by Crippen LogP contribution is -2.50. The van der Waals surface area contributed by atoms with E-state index in [-0.39, 0.29) is 34.9 Å². The van der Waals surface area contributed by atoms with Crippen molar-refractivity contribution in [2.75, 3.05) is 0 Å². The van der Waals surface area contributed by atoms with Gasteiger partial charge in [-0.15, -0.1) is 0 Å². The lowest BCUT2D eigenvalue weighted by atomic mass is 9.52. The summed E-state index contributed by atoms with van der Waals surface area (Å²) in [5.74, 6) is 0.119. The summed E-state index contributed by atoms with van der Waals surface area (Å²) in [6, 6.07) is 0. The van der Waals surface area contributed by atoms with E-state index in [0.29, 0.717) is 24.8 Å². The molecule has 132 valence electrons. The average molecular weight is 332 g/mol. The Hall–Kier alpha value is -1.00. The van der Waals surface area contributed by atoms with E-state index >= 15 is 0 Å². The van der Waals surface area contributed by atoms with Crippen LogP contribution in [0.5, 0.6) is 0 Å². The standard InChI is InChI=1S/C20H28O4/c1-11-12-6-7-14(21)19(4)9-5-8-18(2,3)13(19)10-15(22)20(16(11)23)17(12)24-20/h12-13,15,17,22H,1,5-10H2,2-4H3/t12-,13+,15+,17+,19-,20-/m0/s1. The van der Waals surface area contributed by atoms with Gasteiger partial charge in [-0.1, -0.05) is 33.8 Å². The molecule has 0 spiro atoms. The van der Waals surface area contributed by atoms with E-state index in [1.165, 1.54) is 0 Å². The smallest absolute Gasteiger partial charge is 0.195 e. The summed E-state index contributed by atoms with van der Waals surface area (Å²) in [6.45, 7) is 10.4. The molecule has 3 aliphatic carbocycles. The summed E-state index contributed by atoms with van der Waals surface area (Å²) < 4.78 is 5.77. The zero-order valence-corrected chi connectivity index (χ0v) is 14.9. The van der Waals surface area contributed by atoms with Gasteiger partial charge in [0.1, 0.15) is 11.9 Å². The summed E-state index contributed by atoms with van der Waals surface area (Å²) in [7, 11) is 0. The van der Waals surface area contributed by atoms with Crippen LogP contribution in [0.4, 0.5) is 0 Å². The van der Waals surface area contributed by atoms with Gasteiger partial charge in [0.2, 0.25) is 0 Å². The lowest BCUT2D eigenvalue weighted by Gasteiger charge is -2.51. The third-order valence-electron chi connectivity index (χ3n) is 7.65. The summed E-state index contributed by atoms with van der Waals surface area (Å²) in [4.78, 5) is 25.8. The normalized spacial score (nSPS) is 50.2. The predicted molar refractivity (Wildman–Crippen MR) is 89.3 cm³/mol. The van der Waals surface area contributed by atoms with Gasteiger partial charge in [0.15, 0.2) is 11.4 Å². The van der Waals surface area contributed by atoms with Gasteiger partial charge in [0, 0.05) is 17.8 Å². The topological polar surface area (TPSA) is 66.9 Å². The minimum Gasteiger partial charge on any atom is -0.389 e. The van der Waals surface area contributed by atoms with Crippen LogP contribution in [0.25, 0.3) is 0 Å². The highest BCUT2D eigenvalue weighted by Gasteiger charge is 2.75. The maximum Gasteiger partial charge on any atom is 0.195 e. The number of carbonyl (C=O) groups excluding carboxylic acids is 2. The Kier molecular flexibility index (Phi) is 3.29. The van der Waals surface area contributed by atoms with Crippen molar-refractivity contribution in [3.05, 3.63) is 12.2 Å². The number of fused-ring (bicyclic) bond motifs is 1. The molecule has 3 saturated carbocycles. The second kappa shape index (κ2) is 4.79. The van der Waals surface area contributed by atoms with E-state index in [1.807, 2.05) is 0 Å². The van der Waals surface area contributed by atoms with Crippen molar-refractivity contribution < 1.29 is 19.4 Å². The molecule has 4 heteroatoms. The highest BCUT2D eigenvalue weighted by Crippen LogP contribution is 2.61. The van der Waals surface area contributed by atoms with Crippen LogP contribution in [0.2, 0.25) is 0 Å². The van der Waals surface area contributed by atoms with Gasteiger partial charge in [0.25, 0.3) is 0 Å². The minimum absolute atomic E-state index is 0.0259. The molecule has 1 saturated heterocycles. The van der Waals surface area contributed by atoms with Crippen LogP contribution in [-0.2, 0) is 14.3 Å². The molecule has 4 aliphatic rings. The largest absolute Gasteiger partial charge is 0.389 e. The van der Waals surface area contributed by atoms with Crippen molar-refractivity contribution in [1.82, 2.24) is 0 Å². The highest BCUT2D eigenvalue weighted by atomic mass is 16.6. The average Bonchev–Trinajstić information content (AvgIpc) is 3.21. The number of ketones is 2. The van der Waals surface area contributed by atoms with E-state index in [2.05, 4.69) is 27.4 Å². The zero-order valence-electron chi connectivity index (χ0n) is 14.9. The van der Waals surface area contributed by atoms with Gasteiger partial charge in [-0.3, -0.25) is 9.59 Å². The zero-order chi connectivity index (χ0) is 17.5. The first-order chi connectivity index (χ1) is 11.1. The van der Waals surface area contributed by atoms with Crippen molar-refractivity contribution in [3.8, 4) is 0 Å².